The highest BCUT2D eigenvalue weighted by Crippen LogP contribution is 2.79. The van der Waals surface area contributed by atoms with Crippen molar-refractivity contribution in [3.8, 4) is 0 Å². The fourth-order valence-electron chi connectivity index (χ4n) is 9.36. The van der Waals surface area contributed by atoms with Crippen molar-refractivity contribution in [2.45, 2.75) is 77.2 Å². The van der Waals surface area contributed by atoms with E-state index in [2.05, 4.69) is 13.8 Å². The van der Waals surface area contributed by atoms with Crippen LogP contribution >= 0.6 is 0 Å². The van der Waals surface area contributed by atoms with Crippen LogP contribution in [0, 0.1) is 46.8 Å². The van der Waals surface area contributed by atoms with Crippen molar-refractivity contribution in [2.24, 2.45) is 46.8 Å². The third kappa shape index (κ3) is 1.90. The summed E-state index contributed by atoms with van der Waals surface area (Å²) in [5, 5.41) is 0. The summed E-state index contributed by atoms with van der Waals surface area (Å²) < 4.78 is 6.27. The molecule has 0 aromatic carbocycles. The first kappa shape index (κ1) is 16.8. The Morgan fingerprint density at radius 1 is 1.15 bits per heavy atom. The quantitative estimate of drug-likeness (QED) is 0.630. The van der Waals surface area contributed by atoms with Gasteiger partial charge in [-0.2, -0.15) is 0 Å². The number of carbonyl (C=O) groups is 2. The number of fused-ring (bicyclic) bond motifs is 9. The lowest BCUT2D eigenvalue weighted by Crippen LogP contribution is -2.57. The van der Waals surface area contributed by atoms with Crippen LogP contribution in [-0.4, -0.2) is 17.4 Å². The predicted octanol–water partition coefficient (Wildman–Crippen LogP) is 4.70. The summed E-state index contributed by atoms with van der Waals surface area (Å²) in [6.45, 7) is 4.81. The maximum absolute atomic E-state index is 12.2. The first-order valence-electron chi connectivity index (χ1n) is 11.5. The number of hydrogen-bond donors (Lipinski definition) is 0. The standard InChI is InChI=1S/C24H32O3/c1-3-23-8-6-17-16-5-4-15(25)11-14(16)10-13(2)21(17)22(23)18-12-19(18)24(23)9-7-20(26)27-24/h11,13,16-19,21-22H,3-10,12H2,1-2H3/t13-,16+,17?,18+,19-,21?,22?,23+,24+/m1/s1. The average molecular weight is 369 g/mol. The summed E-state index contributed by atoms with van der Waals surface area (Å²) in [6.07, 6.45) is 11.6. The van der Waals surface area contributed by atoms with Gasteiger partial charge >= 0.3 is 5.97 Å². The smallest absolute Gasteiger partial charge is 0.306 e. The molecule has 0 N–H and O–H groups in total. The van der Waals surface area contributed by atoms with E-state index in [4.69, 9.17) is 4.74 Å². The molecule has 4 saturated carbocycles. The monoisotopic (exact) mass is 368 g/mol. The fourth-order valence-corrected chi connectivity index (χ4v) is 9.36. The number of allylic oxidation sites excluding steroid dienone is 1. The summed E-state index contributed by atoms with van der Waals surface area (Å²) in [4.78, 5) is 24.2. The van der Waals surface area contributed by atoms with Crippen LogP contribution in [0.3, 0.4) is 0 Å². The highest BCUT2D eigenvalue weighted by atomic mass is 16.6. The Labute approximate surface area is 162 Å². The predicted molar refractivity (Wildman–Crippen MR) is 102 cm³/mol. The molecule has 1 heterocycles. The van der Waals surface area contributed by atoms with Gasteiger partial charge in [-0.15, -0.1) is 0 Å². The molecule has 0 bridgehead atoms. The van der Waals surface area contributed by atoms with Crippen molar-refractivity contribution in [3.63, 3.8) is 0 Å². The Bertz CT molecular complexity index is 753. The van der Waals surface area contributed by atoms with E-state index in [0.29, 0.717) is 30.0 Å². The number of carbonyl (C=O) groups excluding carboxylic acids is 2. The lowest BCUT2D eigenvalue weighted by molar-refractivity contribution is -0.181. The Morgan fingerprint density at radius 2 is 2.00 bits per heavy atom. The van der Waals surface area contributed by atoms with E-state index in [1.54, 1.807) is 0 Å². The number of rotatable bonds is 1. The minimum atomic E-state index is -0.127. The molecule has 0 radical (unpaired) electrons. The third-order valence-corrected chi connectivity index (χ3v) is 10.1. The summed E-state index contributed by atoms with van der Waals surface area (Å²) in [7, 11) is 0. The summed E-state index contributed by atoms with van der Waals surface area (Å²) in [5.41, 5.74) is 1.57. The molecule has 6 rings (SSSR count). The Kier molecular flexibility index (Phi) is 3.28. The van der Waals surface area contributed by atoms with E-state index in [9.17, 15) is 9.59 Å². The van der Waals surface area contributed by atoms with Gasteiger partial charge in [-0.1, -0.05) is 19.4 Å². The molecule has 0 aromatic rings. The molecule has 3 unspecified atom stereocenters. The average Bonchev–Trinajstić information content (AvgIpc) is 3.30. The first-order chi connectivity index (χ1) is 13.0. The Hall–Kier alpha value is -1.12. The maximum Gasteiger partial charge on any atom is 0.306 e. The van der Waals surface area contributed by atoms with Crippen LogP contribution in [0.5, 0.6) is 0 Å². The van der Waals surface area contributed by atoms with E-state index >= 15 is 0 Å². The van der Waals surface area contributed by atoms with Gasteiger partial charge in [-0.25, -0.2) is 0 Å². The van der Waals surface area contributed by atoms with Gasteiger partial charge in [-0.3, -0.25) is 9.59 Å². The number of esters is 1. The molecular weight excluding hydrogens is 336 g/mol. The van der Waals surface area contributed by atoms with Gasteiger partial charge in [-0.05, 0) is 86.5 Å². The van der Waals surface area contributed by atoms with Crippen molar-refractivity contribution in [3.05, 3.63) is 11.6 Å². The maximum atomic E-state index is 12.2. The van der Waals surface area contributed by atoms with Crippen molar-refractivity contribution in [1.29, 1.82) is 0 Å². The molecule has 146 valence electrons. The molecule has 5 aliphatic carbocycles. The number of ether oxygens (including phenoxy) is 1. The topological polar surface area (TPSA) is 43.4 Å². The van der Waals surface area contributed by atoms with Crippen LogP contribution in [0.4, 0.5) is 0 Å². The molecule has 0 amide bonds. The number of ketones is 1. The second-order valence-electron chi connectivity index (χ2n) is 10.7. The minimum Gasteiger partial charge on any atom is -0.458 e. The van der Waals surface area contributed by atoms with E-state index in [1.807, 2.05) is 6.08 Å². The van der Waals surface area contributed by atoms with Gasteiger partial charge in [0.15, 0.2) is 5.78 Å². The minimum absolute atomic E-state index is 0.0592. The van der Waals surface area contributed by atoms with Gasteiger partial charge in [0.05, 0.1) is 0 Å². The zero-order valence-electron chi connectivity index (χ0n) is 16.7. The molecule has 9 atom stereocenters. The Morgan fingerprint density at radius 3 is 2.74 bits per heavy atom. The zero-order valence-corrected chi connectivity index (χ0v) is 16.7. The lowest BCUT2D eigenvalue weighted by Gasteiger charge is -2.60. The second-order valence-corrected chi connectivity index (χ2v) is 10.7. The van der Waals surface area contributed by atoms with Crippen LogP contribution in [0.25, 0.3) is 0 Å². The Balaban J connectivity index is 1.42. The lowest BCUT2D eigenvalue weighted by atomic mass is 9.46. The van der Waals surface area contributed by atoms with Crippen molar-refractivity contribution in [1.82, 2.24) is 0 Å². The first-order valence-corrected chi connectivity index (χ1v) is 11.5. The fraction of sp³-hybridized carbons (Fsp3) is 0.833. The van der Waals surface area contributed by atoms with Gasteiger partial charge in [0.25, 0.3) is 0 Å². The van der Waals surface area contributed by atoms with Crippen LogP contribution < -0.4 is 0 Å². The van der Waals surface area contributed by atoms with Crippen molar-refractivity contribution < 1.29 is 14.3 Å². The number of hydrogen-bond acceptors (Lipinski definition) is 3. The molecule has 27 heavy (non-hydrogen) atoms. The molecule has 1 saturated heterocycles. The van der Waals surface area contributed by atoms with Gasteiger partial charge in [0.2, 0.25) is 0 Å². The SMILES string of the molecule is CC[C@]12CCC3C(C1[C@H]1C[C@H]1[C@@]21CCC(=O)O1)[C@H](C)CC1=CC(=O)CC[C@@H]13. The van der Waals surface area contributed by atoms with E-state index in [0.717, 1.165) is 49.4 Å². The van der Waals surface area contributed by atoms with Crippen LogP contribution in [0.1, 0.15) is 71.6 Å². The summed E-state index contributed by atoms with van der Waals surface area (Å²) >= 11 is 0. The van der Waals surface area contributed by atoms with Crippen LogP contribution in [0.15, 0.2) is 11.6 Å². The molecule has 1 aliphatic heterocycles. The third-order valence-electron chi connectivity index (χ3n) is 10.1. The molecule has 5 fully saturated rings. The van der Waals surface area contributed by atoms with Crippen LogP contribution in [0.2, 0.25) is 0 Å². The van der Waals surface area contributed by atoms with Gasteiger partial charge in [0, 0.05) is 24.2 Å². The molecule has 0 aromatic heterocycles. The molecule has 6 aliphatic rings. The normalized spacial score (nSPS) is 55.3. The molecule has 1 spiro atoms. The second kappa shape index (κ2) is 5.27. The highest BCUT2D eigenvalue weighted by Gasteiger charge is 2.79. The summed E-state index contributed by atoms with van der Waals surface area (Å²) in [5.74, 6) is 5.42. The molecular formula is C24H32O3. The van der Waals surface area contributed by atoms with Crippen LogP contribution in [-0.2, 0) is 14.3 Å². The summed E-state index contributed by atoms with van der Waals surface area (Å²) in [6, 6.07) is 0. The molecule has 3 nitrogen and oxygen atoms in total. The highest BCUT2D eigenvalue weighted by molar-refractivity contribution is 5.91. The van der Waals surface area contributed by atoms with E-state index in [1.165, 1.54) is 31.3 Å². The van der Waals surface area contributed by atoms with Crippen molar-refractivity contribution >= 4 is 11.8 Å². The largest absolute Gasteiger partial charge is 0.458 e. The molecule has 3 heteroatoms. The van der Waals surface area contributed by atoms with Gasteiger partial charge in [0.1, 0.15) is 5.60 Å². The van der Waals surface area contributed by atoms with E-state index in [-0.39, 0.29) is 17.0 Å². The zero-order chi connectivity index (χ0) is 18.6. The van der Waals surface area contributed by atoms with Gasteiger partial charge < -0.3 is 4.74 Å². The van der Waals surface area contributed by atoms with Crippen molar-refractivity contribution in [2.75, 3.05) is 0 Å². The van der Waals surface area contributed by atoms with E-state index < -0.39 is 0 Å².